The lowest BCUT2D eigenvalue weighted by Crippen LogP contribution is -2.06. The van der Waals surface area contributed by atoms with Gasteiger partial charge < -0.3 is 19.6 Å². The second-order valence-corrected chi connectivity index (χ2v) is 5.10. The van der Waals surface area contributed by atoms with Gasteiger partial charge in [0, 0.05) is 17.3 Å². The summed E-state index contributed by atoms with van der Waals surface area (Å²) in [5.74, 6) is -0.542. The van der Waals surface area contributed by atoms with Crippen molar-refractivity contribution in [2.45, 2.75) is 6.92 Å². The number of pyridine rings is 1. The molecule has 0 atom stereocenters. The maximum atomic E-state index is 12.1. The number of hydrogen-bond acceptors (Lipinski definition) is 6. The number of hydrogen-bond donors (Lipinski definition) is 2. The highest BCUT2D eigenvalue weighted by atomic mass is 35.5. The first-order valence-corrected chi connectivity index (χ1v) is 7.27. The molecule has 0 saturated heterocycles. The fourth-order valence-electron chi connectivity index (χ4n) is 2.14. The second kappa shape index (κ2) is 6.18. The van der Waals surface area contributed by atoms with Crippen molar-refractivity contribution < 1.29 is 19.1 Å². The first-order valence-electron chi connectivity index (χ1n) is 6.89. The second-order valence-electron chi connectivity index (χ2n) is 4.69. The molecule has 0 saturated carbocycles. The minimum atomic E-state index is -0.573. The third kappa shape index (κ3) is 2.93. The number of carbonyl (C=O) groups is 1. The van der Waals surface area contributed by atoms with Gasteiger partial charge in [-0.3, -0.25) is 4.98 Å². The van der Waals surface area contributed by atoms with E-state index in [2.05, 4.69) is 10.3 Å². The molecule has 0 spiro atoms. The van der Waals surface area contributed by atoms with Crippen LogP contribution in [0.15, 0.2) is 41.1 Å². The maximum absolute atomic E-state index is 12.1. The number of nitrogens with zero attached hydrogens (tertiary/aromatic N) is 1. The van der Waals surface area contributed by atoms with Crippen molar-refractivity contribution in [3.63, 3.8) is 0 Å². The molecule has 23 heavy (non-hydrogen) atoms. The average Bonchev–Trinajstić information content (AvgIpc) is 2.90. The van der Waals surface area contributed by atoms with E-state index in [1.165, 1.54) is 12.3 Å². The molecule has 0 aliphatic carbocycles. The fraction of sp³-hybridized carbons (Fsp3) is 0.125. The van der Waals surface area contributed by atoms with E-state index in [4.69, 9.17) is 20.8 Å². The molecule has 118 valence electrons. The van der Waals surface area contributed by atoms with E-state index in [9.17, 15) is 9.90 Å². The topological polar surface area (TPSA) is 84.6 Å². The molecule has 0 amide bonds. The number of esters is 1. The molecule has 0 radical (unpaired) electrons. The Bertz CT molecular complexity index is 876. The number of furan rings is 1. The summed E-state index contributed by atoms with van der Waals surface area (Å²) in [5, 5.41) is 13.5. The van der Waals surface area contributed by atoms with Crippen LogP contribution in [0.2, 0.25) is 5.02 Å². The van der Waals surface area contributed by atoms with Crippen LogP contribution in [0.1, 0.15) is 17.5 Å². The summed E-state index contributed by atoms with van der Waals surface area (Å²) in [7, 11) is 0. The van der Waals surface area contributed by atoms with Crippen molar-refractivity contribution in [2.75, 3.05) is 11.9 Å². The molecule has 0 unspecified atom stereocenters. The van der Waals surface area contributed by atoms with Crippen LogP contribution in [0.25, 0.3) is 11.0 Å². The Balaban J connectivity index is 2.08. The van der Waals surface area contributed by atoms with Gasteiger partial charge in [-0.25, -0.2) is 4.79 Å². The van der Waals surface area contributed by atoms with Crippen LogP contribution < -0.4 is 5.32 Å². The summed E-state index contributed by atoms with van der Waals surface area (Å²) in [6.45, 7) is 1.95. The van der Waals surface area contributed by atoms with E-state index >= 15 is 0 Å². The minimum Gasteiger partial charge on any atom is -0.506 e. The Labute approximate surface area is 136 Å². The number of benzene rings is 1. The predicted molar refractivity (Wildman–Crippen MR) is 86.4 cm³/mol. The summed E-state index contributed by atoms with van der Waals surface area (Å²) in [6, 6.07) is 6.37. The van der Waals surface area contributed by atoms with Crippen LogP contribution in [0.4, 0.5) is 11.4 Å². The largest absolute Gasteiger partial charge is 0.506 e. The molecular formula is C16H13ClN2O4. The molecule has 2 N–H and O–H groups in total. The van der Waals surface area contributed by atoms with Gasteiger partial charge in [-0.15, -0.1) is 0 Å². The fourth-order valence-corrected chi connectivity index (χ4v) is 2.33. The number of nitrogens with one attached hydrogen (secondary N) is 1. The highest BCUT2D eigenvalue weighted by Gasteiger charge is 2.22. The minimum absolute atomic E-state index is 0.0240. The summed E-state index contributed by atoms with van der Waals surface area (Å²) in [4.78, 5) is 16.1. The van der Waals surface area contributed by atoms with Crippen LogP contribution in [0.5, 0.6) is 5.75 Å². The van der Waals surface area contributed by atoms with Crippen molar-refractivity contribution >= 4 is 39.9 Å². The zero-order chi connectivity index (χ0) is 16.4. The summed E-state index contributed by atoms with van der Waals surface area (Å²) < 4.78 is 10.6. The van der Waals surface area contributed by atoms with Gasteiger partial charge in [0.15, 0.2) is 5.58 Å². The van der Waals surface area contributed by atoms with E-state index in [-0.39, 0.29) is 23.1 Å². The lowest BCUT2D eigenvalue weighted by molar-refractivity contribution is 0.0494. The zero-order valence-electron chi connectivity index (χ0n) is 12.2. The highest BCUT2D eigenvalue weighted by molar-refractivity contribution is 6.32. The molecule has 2 heterocycles. The molecule has 3 aromatic rings. The first-order chi connectivity index (χ1) is 11.1. The molecule has 0 aliphatic rings. The Hall–Kier alpha value is -2.73. The van der Waals surface area contributed by atoms with E-state index in [0.29, 0.717) is 22.3 Å². The average molecular weight is 333 g/mol. The van der Waals surface area contributed by atoms with Gasteiger partial charge in [-0.1, -0.05) is 11.6 Å². The summed E-state index contributed by atoms with van der Waals surface area (Å²) >= 11 is 5.91. The Morgan fingerprint density at radius 1 is 1.43 bits per heavy atom. The maximum Gasteiger partial charge on any atom is 0.376 e. The molecule has 6 nitrogen and oxygen atoms in total. The van der Waals surface area contributed by atoms with Gasteiger partial charge in [0.1, 0.15) is 11.4 Å². The van der Waals surface area contributed by atoms with Crippen LogP contribution in [-0.4, -0.2) is 22.7 Å². The van der Waals surface area contributed by atoms with Crippen LogP contribution >= 0.6 is 11.6 Å². The number of halogens is 1. The van der Waals surface area contributed by atoms with Crippen molar-refractivity contribution in [3.05, 3.63) is 47.4 Å². The number of phenolic OH excluding ortho intramolecular Hbond substituents is 1. The number of aromatic hydroxyl groups is 1. The molecule has 3 rings (SSSR count). The van der Waals surface area contributed by atoms with Crippen molar-refractivity contribution in [1.29, 1.82) is 0 Å². The zero-order valence-corrected chi connectivity index (χ0v) is 12.9. The Morgan fingerprint density at radius 3 is 3.00 bits per heavy atom. The standard InChI is InChI=1S/C16H13ClN2O4/c1-2-22-16(21)15-14(10-5-6-18-8-13(10)23-15)19-9-3-4-12(20)11(17)7-9/h3-8,19-20H,2H2,1H3. The number of fused-ring (bicyclic) bond motifs is 1. The lowest BCUT2D eigenvalue weighted by Gasteiger charge is -2.08. The number of rotatable bonds is 4. The SMILES string of the molecule is CCOC(=O)c1oc2cnccc2c1Nc1ccc(O)c(Cl)c1. The Morgan fingerprint density at radius 2 is 2.26 bits per heavy atom. The number of anilines is 2. The molecule has 7 heteroatoms. The third-order valence-corrected chi connectivity index (χ3v) is 3.47. The van der Waals surface area contributed by atoms with Crippen molar-refractivity contribution in [2.24, 2.45) is 0 Å². The molecule has 0 aliphatic heterocycles. The van der Waals surface area contributed by atoms with Crippen LogP contribution in [0.3, 0.4) is 0 Å². The number of ether oxygens (including phenoxy) is 1. The van der Waals surface area contributed by atoms with Crippen LogP contribution in [0, 0.1) is 0 Å². The molecule has 1 aromatic carbocycles. The van der Waals surface area contributed by atoms with Crippen molar-refractivity contribution in [3.8, 4) is 5.75 Å². The third-order valence-electron chi connectivity index (χ3n) is 3.17. The predicted octanol–water partition coefficient (Wildman–Crippen LogP) is 4.11. The summed E-state index contributed by atoms with van der Waals surface area (Å²) in [5.41, 5.74) is 1.52. The van der Waals surface area contributed by atoms with E-state index in [1.807, 2.05) is 0 Å². The van der Waals surface area contributed by atoms with Gasteiger partial charge in [0.2, 0.25) is 5.76 Å². The lowest BCUT2D eigenvalue weighted by atomic mass is 10.2. The monoisotopic (exact) mass is 332 g/mol. The summed E-state index contributed by atoms with van der Waals surface area (Å²) in [6.07, 6.45) is 3.12. The molecular weight excluding hydrogens is 320 g/mol. The smallest absolute Gasteiger partial charge is 0.376 e. The van der Waals surface area contributed by atoms with Gasteiger partial charge in [-0.2, -0.15) is 0 Å². The normalized spacial score (nSPS) is 10.7. The van der Waals surface area contributed by atoms with Gasteiger partial charge in [0.25, 0.3) is 0 Å². The number of aromatic nitrogens is 1. The van der Waals surface area contributed by atoms with E-state index < -0.39 is 5.97 Å². The van der Waals surface area contributed by atoms with E-state index in [1.54, 1.807) is 31.3 Å². The highest BCUT2D eigenvalue weighted by Crippen LogP contribution is 2.35. The van der Waals surface area contributed by atoms with Crippen molar-refractivity contribution in [1.82, 2.24) is 4.98 Å². The Kier molecular flexibility index (Phi) is 4.08. The number of carbonyl (C=O) groups excluding carboxylic acids is 1. The first kappa shape index (κ1) is 15.2. The molecule has 2 aromatic heterocycles. The molecule has 0 fully saturated rings. The molecule has 0 bridgehead atoms. The van der Waals surface area contributed by atoms with E-state index in [0.717, 1.165) is 0 Å². The quantitative estimate of drug-likeness (QED) is 0.552. The van der Waals surface area contributed by atoms with Gasteiger partial charge >= 0.3 is 5.97 Å². The van der Waals surface area contributed by atoms with Gasteiger partial charge in [-0.05, 0) is 31.2 Å². The number of phenols is 1. The van der Waals surface area contributed by atoms with Crippen LogP contribution in [-0.2, 0) is 4.74 Å². The van der Waals surface area contributed by atoms with Gasteiger partial charge in [0.05, 0.1) is 17.8 Å².